The van der Waals surface area contributed by atoms with Crippen molar-refractivity contribution < 1.29 is 9.53 Å². The largest absolute Gasteiger partial charge is 0.443 e. The Bertz CT molecular complexity index is 750. The van der Waals surface area contributed by atoms with Gasteiger partial charge in [0.1, 0.15) is 5.60 Å². The summed E-state index contributed by atoms with van der Waals surface area (Å²) in [5.41, 5.74) is 1.56. The fourth-order valence-corrected chi connectivity index (χ4v) is 2.93. The fraction of sp³-hybridized carbons (Fsp3) is 0.350. The van der Waals surface area contributed by atoms with E-state index < -0.39 is 5.60 Å². The van der Waals surface area contributed by atoms with Crippen LogP contribution < -0.4 is 0 Å². The topological polar surface area (TPSA) is 29.5 Å². The number of benzene rings is 2. The van der Waals surface area contributed by atoms with Gasteiger partial charge in [0.05, 0.1) is 5.70 Å². The maximum absolute atomic E-state index is 12.6. The first-order valence-corrected chi connectivity index (χ1v) is 8.14. The van der Waals surface area contributed by atoms with Crippen molar-refractivity contribution in [2.45, 2.75) is 39.2 Å². The molecule has 0 saturated carbocycles. The number of ether oxygens (including phenoxy) is 1. The third kappa shape index (κ3) is 3.39. The summed E-state index contributed by atoms with van der Waals surface area (Å²) in [6.45, 7) is 6.40. The molecular weight excluding hydrogens is 286 g/mol. The molecule has 3 rings (SSSR count). The van der Waals surface area contributed by atoms with E-state index >= 15 is 0 Å². The van der Waals surface area contributed by atoms with Crippen molar-refractivity contribution >= 4 is 22.6 Å². The van der Waals surface area contributed by atoms with E-state index in [4.69, 9.17) is 4.74 Å². The van der Waals surface area contributed by atoms with Crippen molar-refractivity contribution in [2.75, 3.05) is 6.54 Å². The molecule has 0 saturated heterocycles. The molecule has 0 unspecified atom stereocenters. The molecule has 0 spiro atoms. The maximum atomic E-state index is 12.6. The highest BCUT2D eigenvalue weighted by molar-refractivity contribution is 5.96. The molecule has 23 heavy (non-hydrogen) atoms. The number of hydrogen-bond acceptors (Lipinski definition) is 2. The lowest BCUT2D eigenvalue weighted by Crippen LogP contribution is -2.37. The van der Waals surface area contributed by atoms with Gasteiger partial charge in [-0.1, -0.05) is 48.5 Å². The van der Waals surface area contributed by atoms with Crippen molar-refractivity contribution in [1.82, 2.24) is 4.90 Å². The van der Waals surface area contributed by atoms with Crippen LogP contribution in [0.1, 0.15) is 39.2 Å². The van der Waals surface area contributed by atoms with Gasteiger partial charge in [0.25, 0.3) is 0 Å². The monoisotopic (exact) mass is 309 g/mol. The smallest absolute Gasteiger partial charge is 0.414 e. The molecule has 0 N–H and O–H groups in total. The Labute approximate surface area is 137 Å². The molecule has 0 aliphatic carbocycles. The van der Waals surface area contributed by atoms with Crippen LogP contribution in [0.3, 0.4) is 0 Å². The van der Waals surface area contributed by atoms with E-state index in [0.717, 1.165) is 29.5 Å². The maximum Gasteiger partial charge on any atom is 0.414 e. The van der Waals surface area contributed by atoms with Gasteiger partial charge in [-0.25, -0.2) is 4.79 Å². The summed E-state index contributed by atoms with van der Waals surface area (Å²) in [6.07, 6.45) is 3.83. The van der Waals surface area contributed by atoms with Crippen LogP contribution >= 0.6 is 0 Å². The quantitative estimate of drug-likeness (QED) is 0.723. The number of rotatable bonds is 1. The van der Waals surface area contributed by atoms with Crippen LogP contribution in [-0.4, -0.2) is 23.1 Å². The molecule has 1 amide bonds. The van der Waals surface area contributed by atoms with Crippen LogP contribution in [0.4, 0.5) is 4.79 Å². The first-order valence-electron chi connectivity index (χ1n) is 8.14. The average molecular weight is 309 g/mol. The van der Waals surface area contributed by atoms with Gasteiger partial charge in [-0.15, -0.1) is 0 Å². The lowest BCUT2D eigenvalue weighted by atomic mass is 9.99. The van der Waals surface area contributed by atoms with Crippen molar-refractivity contribution in [3.05, 3.63) is 54.1 Å². The molecule has 1 aliphatic heterocycles. The van der Waals surface area contributed by atoms with Crippen LogP contribution in [0.5, 0.6) is 0 Å². The standard InChI is InChI=1S/C20H23NO2/c1-20(2,3)23-19(22)21-14-7-6-13-18(21)17-12-8-10-15-9-4-5-11-16(15)17/h4-5,8-13H,6-7,14H2,1-3H3. The summed E-state index contributed by atoms with van der Waals surface area (Å²) in [4.78, 5) is 14.4. The van der Waals surface area contributed by atoms with Gasteiger partial charge in [0.2, 0.25) is 0 Å². The van der Waals surface area contributed by atoms with E-state index in [-0.39, 0.29) is 6.09 Å². The number of amides is 1. The minimum atomic E-state index is -0.488. The van der Waals surface area contributed by atoms with Gasteiger partial charge in [0.15, 0.2) is 0 Å². The predicted molar refractivity (Wildman–Crippen MR) is 94.1 cm³/mol. The molecular formula is C20H23NO2. The highest BCUT2D eigenvalue weighted by Gasteiger charge is 2.27. The Hall–Kier alpha value is -2.29. The summed E-state index contributed by atoms with van der Waals surface area (Å²) in [6, 6.07) is 14.5. The van der Waals surface area contributed by atoms with Gasteiger partial charge in [-0.2, -0.15) is 0 Å². The lowest BCUT2D eigenvalue weighted by molar-refractivity contribution is 0.0347. The van der Waals surface area contributed by atoms with Crippen LogP contribution in [0.2, 0.25) is 0 Å². The molecule has 3 nitrogen and oxygen atoms in total. The summed E-state index contributed by atoms with van der Waals surface area (Å²) < 4.78 is 5.59. The number of allylic oxidation sites excluding steroid dienone is 1. The first kappa shape index (κ1) is 15.6. The molecule has 1 heterocycles. The highest BCUT2D eigenvalue weighted by atomic mass is 16.6. The van der Waals surface area contributed by atoms with Crippen molar-refractivity contribution in [3.63, 3.8) is 0 Å². The molecule has 0 aromatic heterocycles. The van der Waals surface area contributed by atoms with Gasteiger partial charge < -0.3 is 4.74 Å². The van der Waals surface area contributed by atoms with Gasteiger partial charge in [0, 0.05) is 12.1 Å². The summed E-state index contributed by atoms with van der Waals surface area (Å²) >= 11 is 0. The Morgan fingerprint density at radius 3 is 2.61 bits per heavy atom. The van der Waals surface area contributed by atoms with Gasteiger partial charge >= 0.3 is 6.09 Å². The summed E-state index contributed by atoms with van der Waals surface area (Å²) in [5, 5.41) is 2.34. The van der Waals surface area contributed by atoms with Crippen molar-refractivity contribution in [2.24, 2.45) is 0 Å². The van der Waals surface area contributed by atoms with Gasteiger partial charge in [-0.3, -0.25) is 4.90 Å². The predicted octanol–water partition coefficient (Wildman–Crippen LogP) is 5.21. The minimum Gasteiger partial charge on any atom is -0.443 e. The number of carbonyl (C=O) groups is 1. The zero-order chi connectivity index (χ0) is 16.4. The third-order valence-electron chi connectivity index (χ3n) is 3.89. The van der Waals surface area contributed by atoms with E-state index in [1.165, 1.54) is 5.39 Å². The number of carbonyl (C=O) groups excluding carboxylic acids is 1. The third-order valence-corrected chi connectivity index (χ3v) is 3.89. The Kier molecular flexibility index (Phi) is 4.12. The number of fused-ring (bicyclic) bond motifs is 1. The average Bonchev–Trinajstić information content (AvgIpc) is 2.53. The zero-order valence-electron chi connectivity index (χ0n) is 14.0. The van der Waals surface area contributed by atoms with E-state index in [1.54, 1.807) is 4.90 Å². The van der Waals surface area contributed by atoms with E-state index in [2.05, 4.69) is 30.3 Å². The molecule has 2 aromatic carbocycles. The summed E-state index contributed by atoms with van der Waals surface area (Å²) in [7, 11) is 0. The number of nitrogens with zero attached hydrogens (tertiary/aromatic N) is 1. The Balaban J connectivity index is 2.01. The lowest BCUT2D eigenvalue weighted by Gasteiger charge is -2.31. The highest BCUT2D eigenvalue weighted by Crippen LogP contribution is 2.31. The molecule has 0 bridgehead atoms. The molecule has 0 fully saturated rings. The summed E-state index contributed by atoms with van der Waals surface area (Å²) in [5.74, 6) is 0. The van der Waals surface area contributed by atoms with Crippen molar-refractivity contribution in [3.8, 4) is 0 Å². The SMILES string of the molecule is CC(C)(C)OC(=O)N1CCCC=C1c1cccc2ccccc12. The fourth-order valence-electron chi connectivity index (χ4n) is 2.93. The van der Waals surface area contributed by atoms with E-state index in [1.807, 2.05) is 39.0 Å². The second-order valence-corrected chi connectivity index (χ2v) is 6.89. The van der Waals surface area contributed by atoms with Gasteiger partial charge in [-0.05, 0) is 44.4 Å². The molecule has 3 heteroatoms. The van der Waals surface area contributed by atoms with Crippen LogP contribution in [0.15, 0.2) is 48.5 Å². The van der Waals surface area contributed by atoms with Crippen molar-refractivity contribution in [1.29, 1.82) is 0 Å². The molecule has 1 aliphatic rings. The molecule has 0 atom stereocenters. The first-order chi connectivity index (χ1) is 11.0. The minimum absolute atomic E-state index is 0.267. The Morgan fingerprint density at radius 1 is 1.09 bits per heavy atom. The zero-order valence-corrected chi connectivity index (χ0v) is 14.0. The Morgan fingerprint density at radius 2 is 1.83 bits per heavy atom. The van der Waals surface area contributed by atoms with Crippen LogP contribution in [-0.2, 0) is 4.74 Å². The molecule has 0 radical (unpaired) electrons. The second-order valence-electron chi connectivity index (χ2n) is 6.89. The molecule has 2 aromatic rings. The van der Waals surface area contributed by atoms with Crippen LogP contribution in [0.25, 0.3) is 16.5 Å². The molecule has 120 valence electrons. The second kappa shape index (κ2) is 6.07. The van der Waals surface area contributed by atoms with E-state index in [0.29, 0.717) is 6.54 Å². The number of hydrogen-bond donors (Lipinski definition) is 0. The van der Waals surface area contributed by atoms with E-state index in [9.17, 15) is 4.79 Å². The van der Waals surface area contributed by atoms with Crippen LogP contribution in [0, 0.1) is 0 Å². The normalized spacial score (nSPS) is 15.4.